The molecule has 5 heteroatoms. The van der Waals surface area contributed by atoms with Crippen molar-refractivity contribution in [2.75, 3.05) is 0 Å². The molecule has 1 heterocycles. The number of hydrogen-bond donors (Lipinski definition) is 1. The van der Waals surface area contributed by atoms with Crippen LogP contribution in [0.1, 0.15) is 35.7 Å². The number of benzene rings is 1. The van der Waals surface area contributed by atoms with Crippen molar-refractivity contribution in [3.8, 4) is 0 Å². The molecule has 1 fully saturated rings. The van der Waals surface area contributed by atoms with Gasteiger partial charge in [-0.2, -0.15) is 0 Å². The smallest absolute Gasteiger partial charge is 0.251 e. The average molecular weight is 334 g/mol. The molecule has 1 saturated carbocycles. The average Bonchev–Trinajstić information content (AvgIpc) is 3.08. The Morgan fingerprint density at radius 2 is 2.30 bits per heavy atom. The predicted molar refractivity (Wildman–Crippen MR) is 80.5 cm³/mol. The Morgan fingerprint density at radius 1 is 1.40 bits per heavy atom. The highest BCUT2D eigenvalue weighted by atomic mass is 79.9. The molecule has 4 nitrogen and oxygen atoms in total. The van der Waals surface area contributed by atoms with E-state index in [-0.39, 0.29) is 11.9 Å². The van der Waals surface area contributed by atoms with Crippen LogP contribution in [0.3, 0.4) is 0 Å². The number of amides is 1. The molecule has 0 aliphatic heterocycles. The minimum absolute atomic E-state index is 0.0108. The predicted octanol–water partition coefficient (Wildman–Crippen LogP) is 3.17. The summed E-state index contributed by atoms with van der Waals surface area (Å²) in [5, 5.41) is 3.15. The van der Waals surface area contributed by atoms with E-state index in [2.05, 4.69) is 30.8 Å². The number of carbonyl (C=O) groups is 1. The van der Waals surface area contributed by atoms with Gasteiger partial charge in [-0.3, -0.25) is 4.79 Å². The SMILES string of the molecule is O=C(N[C@@H]1CCC[C@@H]1n1ccnc1)c1cccc(Br)c1. The van der Waals surface area contributed by atoms with Crippen molar-refractivity contribution in [1.29, 1.82) is 0 Å². The second-order valence-corrected chi connectivity index (χ2v) is 6.01. The van der Waals surface area contributed by atoms with E-state index in [4.69, 9.17) is 0 Å². The molecule has 0 radical (unpaired) electrons. The fourth-order valence-corrected chi connectivity index (χ4v) is 3.21. The molecule has 0 saturated heterocycles. The van der Waals surface area contributed by atoms with Crippen LogP contribution in [0.5, 0.6) is 0 Å². The van der Waals surface area contributed by atoms with Gasteiger partial charge in [0, 0.05) is 28.5 Å². The first-order chi connectivity index (χ1) is 9.74. The van der Waals surface area contributed by atoms with Gasteiger partial charge >= 0.3 is 0 Å². The molecule has 1 N–H and O–H groups in total. The number of hydrogen-bond acceptors (Lipinski definition) is 2. The Kier molecular flexibility index (Phi) is 3.87. The quantitative estimate of drug-likeness (QED) is 0.937. The van der Waals surface area contributed by atoms with Crippen molar-refractivity contribution in [3.63, 3.8) is 0 Å². The van der Waals surface area contributed by atoms with Gasteiger partial charge in [-0.15, -0.1) is 0 Å². The second-order valence-electron chi connectivity index (χ2n) is 5.10. The molecule has 3 rings (SSSR count). The first-order valence-electron chi connectivity index (χ1n) is 6.78. The van der Waals surface area contributed by atoms with Gasteiger partial charge in [-0.05, 0) is 37.5 Å². The van der Waals surface area contributed by atoms with Gasteiger partial charge in [-0.25, -0.2) is 4.98 Å². The summed E-state index contributed by atoms with van der Waals surface area (Å²) in [5.74, 6) is -0.0108. The van der Waals surface area contributed by atoms with Crippen molar-refractivity contribution in [2.45, 2.75) is 31.3 Å². The maximum atomic E-state index is 12.3. The summed E-state index contributed by atoms with van der Waals surface area (Å²) in [6, 6.07) is 7.96. The number of carbonyl (C=O) groups excluding carboxylic acids is 1. The standard InChI is InChI=1S/C15H16BrN3O/c16-12-4-1-3-11(9-12)15(20)18-13-5-2-6-14(13)19-8-7-17-10-19/h1,3-4,7-10,13-14H,2,5-6H2,(H,18,20)/t13-,14+/m1/s1. The highest BCUT2D eigenvalue weighted by Crippen LogP contribution is 2.30. The van der Waals surface area contributed by atoms with Crippen molar-refractivity contribution < 1.29 is 4.79 Å². The highest BCUT2D eigenvalue weighted by molar-refractivity contribution is 9.10. The maximum absolute atomic E-state index is 12.3. The van der Waals surface area contributed by atoms with Crippen LogP contribution in [0.25, 0.3) is 0 Å². The number of halogens is 1. The van der Waals surface area contributed by atoms with Crippen LogP contribution < -0.4 is 5.32 Å². The van der Waals surface area contributed by atoms with Crippen LogP contribution in [0, 0.1) is 0 Å². The van der Waals surface area contributed by atoms with E-state index >= 15 is 0 Å². The topological polar surface area (TPSA) is 46.9 Å². The third-order valence-electron chi connectivity index (χ3n) is 3.79. The van der Waals surface area contributed by atoms with E-state index in [9.17, 15) is 4.79 Å². The van der Waals surface area contributed by atoms with Crippen molar-refractivity contribution in [1.82, 2.24) is 14.9 Å². The summed E-state index contributed by atoms with van der Waals surface area (Å²) in [5.41, 5.74) is 0.690. The molecule has 1 aromatic carbocycles. The maximum Gasteiger partial charge on any atom is 0.251 e. The minimum Gasteiger partial charge on any atom is -0.347 e. The summed E-state index contributed by atoms with van der Waals surface area (Å²) in [6.45, 7) is 0. The van der Waals surface area contributed by atoms with Gasteiger partial charge in [0.05, 0.1) is 12.4 Å². The fraction of sp³-hybridized carbons (Fsp3) is 0.333. The molecular formula is C15H16BrN3O. The van der Waals surface area contributed by atoms with Gasteiger partial charge in [0.15, 0.2) is 0 Å². The number of imidazole rings is 1. The fourth-order valence-electron chi connectivity index (χ4n) is 2.81. The lowest BCUT2D eigenvalue weighted by molar-refractivity contribution is 0.0929. The van der Waals surface area contributed by atoms with Crippen LogP contribution >= 0.6 is 15.9 Å². The lowest BCUT2D eigenvalue weighted by Crippen LogP contribution is -2.38. The van der Waals surface area contributed by atoms with Crippen molar-refractivity contribution in [3.05, 3.63) is 53.0 Å². The lowest BCUT2D eigenvalue weighted by Gasteiger charge is -2.22. The third kappa shape index (κ3) is 2.77. The Morgan fingerprint density at radius 3 is 3.05 bits per heavy atom. The molecule has 1 amide bonds. The van der Waals surface area contributed by atoms with E-state index in [0.29, 0.717) is 11.6 Å². The van der Waals surface area contributed by atoms with Crippen LogP contribution in [-0.4, -0.2) is 21.5 Å². The summed E-state index contributed by atoms with van der Waals surface area (Å²) in [7, 11) is 0. The van der Waals surface area contributed by atoms with Crippen LogP contribution in [0.4, 0.5) is 0 Å². The molecule has 1 aliphatic carbocycles. The van der Waals surface area contributed by atoms with Gasteiger partial charge in [-0.1, -0.05) is 22.0 Å². The molecule has 0 unspecified atom stereocenters. The highest BCUT2D eigenvalue weighted by Gasteiger charge is 2.29. The number of nitrogens with zero attached hydrogens (tertiary/aromatic N) is 2. The van der Waals surface area contributed by atoms with E-state index in [1.807, 2.05) is 36.8 Å². The van der Waals surface area contributed by atoms with E-state index in [0.717, 1.165) is 23.7 Å². The number of aromatic nitrogens is 2. The Hall–Kier alpha value is -1.62. The molecule has 0 bridgehead atoms. The molecule has 104 valence electrons. The monoisotopic (exact) mass is 333 g/mol. The normalized spacial score (nSPS) is 21.9. The van der Waals surface area contributed by atoms with E-state index in [1.165, 1.54) is 0 Å². The number of nitrogens with one attached hydrogen (secondary N) is 1. The molecule has 0 spiro atoms. The lowest BCUT2D eigenvalue weighted by atomic mass is 10.1. The van der Waals surface area contributed by atoms with Crippen LogP contribution in [-0.2, 0) is 0 Å². The Bertz CT molecular complexity index is 597. The zero-order valence-electron chi connectivity index (χ0n) is 11.0. The number of rotatable bonds is 3. The molecule has 1 aliphatic rings. The molecule has 2 aromatic rings. The molecule has 2 atom stereocenters. The molecular weight excluding hydrogens is 318 g/mol. The zero-order valence-corrected chi connectivity index (χ0v) is 12.6. The van der Waals surface area contributed by atoms with E-state index < -0.39 is 0 Å². The summed E-state index contributed by atoms with van der Waals surface area (Å²) in [6.07, 6.45) is 8.81. The Balaban J connectivity index is 1.72. The zero-order chi connectivity index (χ0) is 13.9. The van der Waals surface area contributed by atoms with Gasteiger partial charge < -0.3 is 9.88 Å². The van der Waals surface area contributed by atoms with Crippen molar-refractivity contribution in [2.24, 2.45) is 0 Å². The van der Waals surface area contributed by atoms with Gasteiger partial charge in [0.2, 0.25) is 0 Å². The first-order valence-corrected chi connectivity index (χ1v) is 7.57. The largest absolute Gasteiger partial charge is 0.347 e. The first kappa shape index (κ1) is 13.4. The van der Waals surface area contributed by atoms with Crippen LogP contribution in [0.15, 0.2) is 47.5 Å². The minimum atomic E-state index is -0.0108. The molecule has 1 aromatic heterocycles. The molecule has 20 heavy (non-hydrogen) atoms. The van der Waals surface area contributed by atoms with Gasteiger partial charge in [0.1, 0.15) is 0 Å². The Labute approximate surface area is 126 Å². The third-order valence-corrected chi connectivity index (χ3v) is 4.28. The van der Waals surface area contributed by atoms with Crippen LogP contribution in [0.2, 0.25) is 0 Å². The summed E-state index contributed by atoms with van der Waals surface area (Å²) >= 11 is 3.39. The summed E-state index contributed by atoms with van der Waals surface area (Å²) < 4.78 is 3.02. The summed E-state index contributed by atoms with van der Waals surface area (Å²) in [4.78, 5) is 16.4. The second kappa shape index (κ2) is 5.79. The van der Waals surface area contributed by atoms with Crippen molar-refractivity contribution >= 4 is 21.8 Å². The van der Waals surface area contributed by atoms with Gasteiger partial charge in [0.25, 0.3) is 5.91 Å². The van der Waals surface area contributed by atoms with E-state index in [1.54, 1.807) is 6.20 Å².